The number of methoxy groups -OCH3 is 5. The Hall–Kier alpha value is -13.5. The minimum atomic E-state index is -0.795. The van der Waals surface area contributed by atoms with Crippen LogP contribution in [0.25, 0.3) is 22.3 Å². The van der Waals surface area contributed by atoms with Crippen LogP contribution in [0.5, 0.6) is 74.7 Å². The smallest absolute Gasteiger partial charge is 0.274 e. The zero-order valence-electron chi connectivity index (χ0n) is 67.4. The van der Waals surface area contributed by atoms with Gasteiger partial charge >= 0.3 is 0 Å². The van der Waals surface area contributed by atoms with Crippen LogP contribution in [-0.4, -0.2) is 35.5 Å². The Morgan fingerprint density at radius 2 is 0.504 bits per heavy atom. The second kappa shape index (κ2) is 39.6. The first-order valence-corrected chi connectivity index (χ1v) is 38.2. The maximum Gasteiger partial charge on any atom is 0.274 e. The Balaban J connectivity index is 0.000000142. The molecule has 15 rings (SSSR count). The predicted octanol–water partition coefficient (Wildman–Crippen LogP) is 25.1. The third-order valence-corrected chi connectivity index (χ3v) is 19.2. The number of fused-ring (bicyclic) bond motifs is 3. The van der Waals surface area contributed by atoms with Gasteiger partial charge in [0.05, 0.1) is 41.1 Å². The molecule has 0 saturated carbocycles. The van der Waals surface area contributed by atoms with Crippen LogP contribution in [0.4, 0.5) is 0 Å². The lowest BCUT2D eigenvalue weighted by Crippen LogP contribution is -2.17. The van der Waals surface area contributed by atoms with Gasteiger partial charge < -0.3 is 61.6 Å². The fraction of sp³-hybridized carbons (Fsp3) is 0.176. The van der Waals surface area contributed by atoms with Gasteiger partial charge in [0, 0.05) is 29.3 Å². The lowest BCUT2D eigenvalue weighted by atomic mass is 10.0. The van der Waals surface area contributed by atoms with Crippen LogP contribution in [-0.2, 0) is 6.42 Å². The van der Waals surface area contributed by atoms with E-state index >= 15 is 0 Å². The van der Waals surface area contributed by atoms with E-state index in [4.69, 9.17) is 61.6 Å². The van der Waals surface area contributed by atoms with Crippen molar-refractivity contribution in [2.24, 2.45) is 0 Å². The first-order chi connectivity index (χ1) is 55.9. The summed E-state index contributed by atoms with van der Waals surface area (Å²) in [5, 5.41) is 0. The molecule has 115 heavy (non-hydrogen) atoms. The van der Waals surface area contributed by atoms with Gasteiger partial charge in [0.1, 0.15) is 80.3 Å². The molecule has 13 heteroatoms. The molecule has 0 amide bonds. The lowest BCUT2D eigenvalue weighted by molar-refractivity contribution is 0.000160. The number of ether oxygens (including phenoxy) is 13. The fourth-order valence-electron chi connectivity index (χ4n) is 12.6. The Bertz CT molecular complexity index is 5150. The number of benzene rings is 14. The van der Waals surface area contributed by atoms with Crippen LogP contribution in [0.1, 0.15) is 103 Å². The summed E-state index contributed by atoms with van der Waals surface area (Å²) in [4.78, 5) is 0. The van der Waals surface area contributed by atoms with Crippen molar-refractivity contribution in [1.82, 2.24) is 0 Å². The third-order valence-electron chi connectivity index (χ3n) is 19.2. The normalized spacial score (nSPS) is 10.9. The van der Waals surface area contributed by atoms with Crippen LogP contribution in [0, 0.1) is 55.4 Å². The zero-order valence-corrected chi connectivity index (χ0v) is 67.4. The molecule has 0 fully saturated rings. The standard InChI is InChI=1S/C28H24O2.C27H24O2.C24H26O5.C23H24O4/c1-19-7-12-24(13-8-19)29-28(30-25-14-9-20(2)10-15-25)22-11-16-27-23(18-22)17-21-5-3-4-6-26(21)27;1-20-8-16-25(17-9-20)28-27(29-26-18-10-21(2)11-19-26)24-14-12-23(13-15-24)22-6-4-3-5-7-22;1-16-6-10-18(11-7-16)28-24(29-19-12-8-17(2)9-13-19)23-21(26-4)14-20(25-3)15-22(23)27-5;1-16-5-9-18(10-6-16)26-23(27-19-11-7-17(2)8-12-19)21-14-13-20(24-3)15-22(21)25-4/h3-16,18,28H,17H2,1-2H3;3-19,27H,1-2H3;6-15,24H,1-5H3;5-15,23H,1-4H3. The molecule has 0 aromatic heterocycles. The summed E-state index contributed by atoms with van der Waals surface area (Å²) in [6.07, 6.45) is -1.58. The molecular weight excluding hydrogens is 1430 g/mol. The van der Waals surface area contributed by atoms with Crippen molar-refractivity contribution >= 4 is 0 Å². The monoisotopic (exact) mass is 1530 g/mol. The number of aryl methyl sites for hydroxylation is 8. The van der Waals surface area contributed by atoms with E-state index < -0.39 is 25.2 Å². The summed E-state index contributed by atoms with van der Waals surface area (Å²) >= 11 is 0. The highest BCUT2D eigenvalue weighted by molar-refractivity contribution is 5.77. The van der Waals surface area contributed by atoms with E-state index in [-0.39, 0.29) is 0 Å². The molecule has 0 radical (unpaired) electrons. The van der Waals surface area contributed by atoms with Gasteiger partial charge in [-0.15, -0.1) is 0 Å². The SMILES string of the molecule is COc1cc(OC)c(C(Oc2ccc(C)cc2)Oc2ccc(C)cc2)c(OC)c1.COc1ccc(C(Oc2ccc(C)cc2)Oc2ccc(C)cc2)c(OC)c1.Cc1ccc(OC(Oc2ccc(C)cc2)c2ccc(-c3ccccc3)cc2)cc1.Cc1ccc(OC(Oc2ccc(C)cc2)c2ccc3c(c2)Cc2ccccc2-3)cc1. The van der Waals surface area contributed by atoms with Gasteiger partial charge in [0.15, 0.2) is 0 Å². The second-order valence-electron chi connectivity index (χ2n) is 28.1. The molecule has 14 aromatic carbocycles. The van der Waals surface area contributed by atoms with E-state index in [0.717, 1.165) is 68.7 Å². The minimum absolute atomic E-state index is 0.524. The summed E-state index contributed by atoms with van der Waals surface area (Å²) < 4.78 is 77.2. The summed E-state index contributed by atoms with van der Waals surface area (Å²) in [5.41, 5.74) is 20.5. The van der Waals surface area contributed by atoms with E-state index in [2.05, 4.69) is 131 Å². The van der Waals surface area contributed by atoms with Crippen molar-refractivity contribution in [3.63, 3.8) is 0 Å². The molecule has 0 bridgehead atoms. The quantitative estimate of drug-likeness (QED) is 0.0479. The first kappa shape index (κ1) is 81.0. The second-order valence-corrected chi connectivity index (χ2v) is 28.1. The van der Waals surface area contributed by atoms with Gasteiger partial charge in [-0.25, -0.2) is 0 Å². The largest absolute Gasteiger partial charge is 0.497 e. The van der Waals surface area contributed by atoms with Crippen molar-refractivity contribution < 1.29 is 61.6 Å². The molecule has 584 valence electrons. The molecule has 0 spiro atoms. The average molecular weight is 1530 g/mol. The van der Waals surface area contributed by atoms with Crippen LogP contribution in [0.15, 0.2) is 322 Å². The van der Waals surface area contributed by atoms with E-state index in [1.54, 1.807) is 47.7 Å². The fourth-order valence-corrected chi connectivity index (χ4v) is 12.6. The predicted molar refractivity (Wildman–Crippen MR) is 458 cm³/mol. The number of hydrogen-bond donors (Lipinski definition) is 0. The Kier molecular flexibility index (Phi) is 27.9. The lowest BCUT2D eigenvalue weighted by Gasteiger charge is -2.25. The molecule has 1 aliphatic carbocycles. The van der Waals surface area contributed by atoms with Gasteiger partial charge in [-0.2, -0.15) is 0 Å². The third kappa shape index (κ3) is 22.6. The summed E-state index contributed by atoms with van der Waals surface area (Å²) in [6.45, 7) is 16.4. The van der Waals surface area contributed by atoms with Crippen LogP contribution in [0.3, 0.4) is 0 Å². The zero-order chi connectivity index (χ0) is 80.6. The van der Waals surface area contributed by atoms with E-state index in [1.807, 2.05) is 234 Å². The highest BCUT2D eigenvalue weighted by Crippen LogP contribution is 2.43. The Morgan fingerprint density at radius 3 is 0.870 bits per heavy atom. The first-order valence-electron chi connectivity index (χ1n) is 38.2. The van der Waals surface area contributed by atoms with Crippen molar-refractivity contribution in [1.29, 1.82) is 0 Å². The van der Waals surface area contributed by atoms with Gasteiger partial charge in [0.2, 0.25) is 0 Å². The van der Waals surface area contributed by atoms with Gasteiger partial charge in [-0.05, 0) is 210 Å². The van der Waals surface area contributed by atoms with E-state index in [9.17, 15) is 0 Å². The molecule has 0 N–H and O–H groups in total. The highest BCUT2D eigenvalue weighted by Gasteiger charge is 2.28. The molecular formula is C102H98O13. The number of hydrogen-bond acceptors (Lipinski definition) is 13. The molecule has 13 nitrogen and oxygen atoms in total. The van der Waals surface area contributed by atoms with Crippen LogP contribution in [0.2, 0.25) is 0 Å². The molecule has 14 aromatic rings. The van der Waals surface area contributed by atoms with E-state index in [1.165, 1.54) is 66.8 Å². The van der Waals surface area contributed by atoms with Gasteiger partial charge in [-0.1, -0.05) is 233 Å². The van der Waals surface area contributed by atoms with E-state index in [0.29, 0.717) is 45.8 Å². The maximum absolute atomic E-state index is 6.30. The molecule has 1 aliphatic rings. The Morgan fingerprint density at radius 1 is 0.209 bits per heavy atom. The maximum atomic E-state index is 6.30. The van der Waals surface area contributed by atoms with Gasteiger partial charge in [-0.3, -0.25) is 0 Å². The van der Waals surface area contributed by atoms with Crippen molar-refractivity contribution in [2.45, 2.75) is 87.0 Å². The number of rotatable bonds is 26. The average Bonchev–Trinajstić information content (AvgIpc) is 1.66. The minimum Gasteiger partial charge on any atom is -0.497 e. The van der Waals surface area contributed by atoms with Crippen LogP contribution >= 0.6 is 0 Å². The van der Waals surface area contributed by atoms with Crippen molar-refractivity contribution in [3.05, 3.63) is 399 Å². The van der Waals surface area contributed by atoms with Gasteiger partial charge in [0.25, 0.3) is 25.2 Å². The Labute approximate surface area is 676 Å². The topological polar surface area (TPSA) is 120 Å². The molecule has 0 unspecified atom stereocenters. The van der Waals surface area contributed by atoms with Crippen molar-refractivity contribution in [3.8, 4) is 97.0 Å². The molecule has 0 atom stereocenters. The summed E-state index contributed by atoms with van der Waals surface area (Å²) in [7, 11) is 8.01. The van der Waals surface area contributed by atoms with Crippen LogP contribution < -0.4 is 61.6 Å². The summed E-state index contributed by atoms with van der Waals surface area (Å²) in [5.74, 6) is 8.98. The highest BCUT2D eigenvalue weighted by atomic mass is 16.7. The molecule has 0 saturated heterocycles. The molecule has 0 aliphatic heterocycles. The van der Waals surface area contributed by atoms with Crippen molar-refractivity contribution in [2.75, 3.05) is 35.5 Å². The summed E-state index contributed by atoms with van der Waals surface area (Å²) in [6, 6.07) is 106. The molecule has 0 heterocycles.